The zero-order valence-electron chi connectivity index (χ0n) is 15.8. The molecule has 3 rings (SSSR count). The molecule has 0 radical (unpaired) electrons. The van der Waals surface area contributed by atoms with E-state index >= 15 is 0 Å². The van der Waals surface area contributed by atoms with Gasteiger partial charge in [0.25, 0.3) is 5.91 Å². The molecule has 0 fully saturated rings. The maximum atomic E-state index is 13.2. The van der Waals surface area contributed by atoms with E-state index in [4.69, 9.17) is 4.74 Å². The normalized spacial score (nSPS) is 15.5. The molecule has 0 saturated carbocycles. The molecule has 5 nitrogen and oxygen atoms in total. The van der Waals surface area contributed by atoms with E-state index in [1.165, 1.54) is 24.2 Å². The van der Waals surface area contributed by atoms with Gasteiger partial charge in [0.15, 0.2) is 0 Å². The first kappa shape index (κ1) is 19.9. The molecule has 1 N–H and O–H groups in total. The van der Waals surface area contributed by atoms with Crippen molar-refractivity contribution >= 4 is 39.6 Å². The number of methoxy groups -OCH3 is 1. The van der Waals surface area contributed by atoms with Gasteiger partial charge in [-0.25, -0.2) is 4.79 Å². The third-order valence-electron chi connectivity index (χ3n) is 4.68. The number of phenols is 1. The van der Waals surface area contributed by atoms with Crippen LogP contribution < -0.4 is 4.90 Å². The molecule has 144 valence electrons. The number of benzene rings is 2. The summed E-state index contributed by atoms with van der Waals surface area (Å²) in [5, 5.41) is 10.1. The molecule has 0 bridgehead atoms. The van der Waals surface area contributed by atoms with Gasteiger partial charge in [0.2, 0.25) is 0 Å². The van der Waals surface area contributed by atoms with Gasteiger partial charge in [-0.05, 0) is 55.3 Å². The molecular weight excluding hydrogens is 422 g/mol. The number of halogens is 1. The molecule has 0 unspecified atom stereocenters. The maximum Gasteiger partial charge on any atom is 0.340 e. The zero-order valence-corrected chi connectivity index (χ0v) is 17.4. The summed E-state index contributed by atoms with van der Waals surface area (Å²) in [5.41, 5.74) is 3.10. The summed E-state index contributed by atoms with van der Waals surface area (Å²) >= 11 is 3.35. The van der Waals surface area contributed by atoms with Gasteiger partial charge >= 0.3 is 5.97 Å². The van der Waals surface area contributed by atoms with Crippen LogP contribution in [0.2, 0.25) is 0 Å². The highest BCUT2D eigenvalue weighted by Crippen LogP contribution is 2.36. The number of aromatic hydroxyl groups is 1. The molecule has 0 saturated heterocycles. The summed E-state index contributed by atoms with van der Waals surface area (Å²) in [7, 11) is 1.28. The van der Waals surface area contributed by atoms with Crippen LogP contribution in [0.5, 0.6) is 5.75 Å². The minimum absolute atomic E-state index is 0.0103. The third-order valence-corrected chi connectivity index (χ3v) is 5.18. The highest BCUT2D eigenvalue weighted by atomic mass is 79.9. The minimum atomic E-state index is -0.598. The second kappa shape index (κ2) is 8.02. The number of rotatable bonds is 4. The lowest BCUT2D eigenvalue weighted by Crippen LogP contribution is -2.24. The molecule has 28 heavy (non-hydrogen) atoms. The molecule has 0 aromatic heterocycles. The second-order valence-electron chi connectivity index (χ2n) is 6.37. The average Bonchev–Trinajstić information content (AvgIpc) is 2.94. The van der Waals surface area contributed by atoms with E-state index in [9.17, 15) is 14.7 Å². The van der Waals surface area contributed by atoms with Crippen molar-refractivity contribution in [1.29, 1.82) is 0 Å². The van der Waals surface area contributed by atoms with Gasteiger partial charge in [-0.1, -0.05) is 35.0 Å². The first-order chi connectivity index (χ1) is 13.4. The highest BCUT2D eigenvalue weighted by molar-refractivity contribution is 9.10. The van der Waals surface area contributed by atoms with Crippen molar-refractivity contribution in [3.8, 4) is 5.75 Å². The van der Waals surface area contributed by atoms with Crippen molar-refractivity contribution in [3.05, 3.63) is 74.9 Å². The fourth-order valence-corrected chi connectivity index (χ4v) is 3.55. The molecule has 6 heteroatoms. The third kappa shape index (κ3) is 3.60. The van der Waals surface area contributed by atoms with Gasteiger partial charge in [0.1, 0.15) is 5.75 Å². The summed E-state index contributed by atoms with van der Waals surface area (Å²) in [6, 6.07) is 12.5. The van der Waals surface area contributed by atoms with Gasteiger partial charge in [0.05, 0.1) is 18.3 Å². The molecule has 0 spiro atoms. The molecule has 2 aromatic carbocycles. The number of anilines is 1. The van der Waals surface area contributed by atoms with Gasteiger partial charge in [0, 0.05) is 21.4 Å². The Morgan fingerprint density at radius 3 is 2.50 bits per heavy atom. The van der Waals surface area contributed by atoms with Crippen molar-refractivity contribution < 1.29 is 19.4 Å². The Morgan fingerprint density at radius 2 is 1.89 bits per heavy atom. The lowest BCUT2D eigenvalue weighted by Gasteiger charge is -2.18. The Balaban J connectivity index is 2.14. The number of amides is 1. The van der Waals surface area contributed by atoms with Gasteiger partial charge in [-0.3, -0.25) is 9.69 Å². The Bertz CT molecular complexity index is 1010. The Morgan fingerprint density at radius 1 is 1.21 bits per heavy atom. The van der Waals surface area contributed by atoms with Crippen molar-refractivity contribution in [2.75, 3.05) is 12.0 Å². The van der Waals surface area contributed by atoms with Crippen molar-refractivity contribution in [1.82, 2.24) is 0 Å². The van der Waals surface area contributed by atoms with E-state index in [1.54, 1.807) is 19.1 Å². The summed E-state index contributed by atoms with van der Waals surface area (Å²) in [5.74, 6) is -0.933. The number of hydrogen-bond acceptors (Lipinski definition) is 4. The fourth-order valence-electron chi connectivity index (χ4n) is 3.17. The number of nitrogens with zero attached hydrogens (tertiary/aromatic N) is 1. The average molecular weight is 442 g/mol. The summed E-state index contributed by atoms with van der Waals surface area (Å²) in [4.78, 5) is 27.1. The van der Waals surface area contributed by atoms with E-state index in [-0.39, 0.29) is 22.8 Å². The summed E-state index contributed by atoms with van der Waals surface area (Å²) < 4.78 is 5.65. The lowest BCUT2D eigenvalue weighted by atomic mass is 10.0. The number of ether oxygens (including phenoxy) is 1. The maximum absolute atomic E-state index is 13.2. The van der Waals surface area contributed by atoms with Crippen LogP contribution in [0, 0.1) is 0 Å². The van der Waals surface area contributed by atoms with Crippen LogP contribution in [0.15, 0.2) is 63.8 Å². The molecule has 1 aliphatic heterocycles. The molecule has 1 heterocycles. The van der Waals surface area contributed by atoms with Crippen LogP contribution in [0.3, 0.4) is 0 Å². The van der Waals surface area contributed by atoms with Crippen LogP contribution in [0.1, 0.15) is 25.0 Å². The Kier molecular flexibility index (Phi) is 5.70. The van der Waals surface area contributed by atoms with Gasteiger partial charge in [-0.2, -0.15) is 0 Å². The van der Waals surface area contributed by atoms with Gasteiger partial charge < -0.3 is 9.84 Å². The van der Waals surface area contributed by atoms with E-state index < -0.39 is 5.97 Å². The Hall–Kier alpha value is -2.86. The number of aryl methyl sites for hydroxylation is 1. The van der Waals surface area contributed by atoms with E-state index in [0.717, 1.165) is 16.5 Å². The number of esters is 1. The SMILES string of the molecule is CCc1ccc(N2C(=O)/C(=C\c3cc(Br)ccc3O)C(C(=O)OC)=C2C)cc1. The van der Waals surface area contributed by atoms with E-state index in [0.29, 0.717) is 16.9 Å². The molecule has 0 aliphatic carbocycles. The van der Waals surface area contributed by atoms with E-state index in [2.05, 4.69) is 22.9 Å². The van der Waals surface area contributed by atoms with Gasteiger partial charge in [-0.15, -0.1) is 0 Å². The largest absolute Gasteiger partial charge is 0.507 e. The van der Waals surface area contributed by atoms with Crippen LogP contribution in [-0.4, -0.2) is 24.1 Å². The number of carbonyl (C=O) groups is 2. The molecular formula is C22H20BrNO4. The minimum Gasteiger partial charge on any atom is -0.507 e. The molecule has 1 aliphatic rings. The number of allylic oxidation sites excluding steroid dienone is 1. The summed E-state index contributed by atoms with van der Waals surface area (Å²) in [6.45, 7) is 3.77. The first-order valence-electron chi connectivity index (χ1n) is 8.80. The zero-order chi connectivity index (χ0) is 20.4. The first-order valence-corrected chi connectivity index (χ1v) is 9.59. The van der Waals surface area contributed by atoms with Crippen molar-refractivity contribution in [3.63, 3.8) is 0 Å². The molecule has 1 amide bonds. The number of phenolic OH excluding ortho intramolecular Hbond substituents is 1. The van der Waals surface area contributed by atoms with Crippen LogP contribution in [0.25, 0.3) is 6.08 Å². The van der Waals surface area contributed by atoms with Crippen LogP contribution >= 0.6 is 15.9 Å². The number of carbonyl (C=O) groups excluding carboxylic acids is 2. The standard InChI is InChI=1S/C22H20BrNO4/c1-4-14-5-8-17(9-6-14)24-13(2)20(22(27)28-3)18(21(24)26)12-15-11-16(23)7-10-19(15)25/h5-12,25H,4H2,1-3H3/b18-12-. The smallest absolute Gasteiger partial charge is 0.340 e. The predicted octanol–water partition coefficient (Wildman–Crippen LogP) is 4.59. The Labute approximate surface area is 172 Å². The van der Waals surface area contributed by atoms with Crippen LogP contribution in [0.4, 0.5) is 5.69 Å². The van der Waals surface area contributed by atoms with E-state index in [1.807, 2.05) is 24.3 Å². The van der Waals surface area contributed by atoms with Crippen molar-refractivity contribution in [2.24, 2.45) is 0 Å². The van der Waals surface area contributed by atoms with Crippen molar-refractivity contribution in [2.45, 2.75) is 20.3 Å². The van der Waals surface area contributed by atoms with Crippen LogP contribution in [-0.2, 0) is 20.7 Å². The lowest BCUT2D eigenvalue weighted by molar-refractivity contribution is -0.136. The summed E-state index contributed by atoms with van der Waals surface area (Å²) in [6.07, 6.45) is 2.41. The number of hydrogen-bond donors (Lipinski definition) is 1. The fraction of sp³-hybridized carbons (Fsp3) is 0.182. The quantitative estimate of drug-likeness (QED) is 0.556. The predicted molar refractivity (Wildman–Crippen MR) is 112 cm³/mol. The molecule has 2 aromatic rings. The molecule has 0 atom stereocenters. The topological polar surface area (TPSA) is 66.8 Å². The monoisotopic (exact) mass is 441 g/mol. The highest BCUT2D eigenvalue weighted by Gasteiger charge is 2.38. The second-order valence-corrected chi connectivity index (χ2v) is 7.29.